The van der Waals surface area contributed by atoms with E-state index in [0.29, 0.717) is 0 Å². The van der Waals surface area contributed by atoms with Gasteiger partial charge in [0.05, 0.1) is 5.69 Å². The van der Waals surface area contributed by atoms with Crippen LogP contribution in [0.2, 0.25) is 0 Å². The summed E-state index contributed by atoms with van der Waals surface area (Å²) < 4.78 is 0. The van der Waals surface area contributed by atoms with E-state index in [0.717, 1.165) is 36.0 Å². The van der Waals surface area contributed by atoms with Crippen molar-refractivity contribution in [3.63, 3.8) is 0 Å². The Morgan fingerprint density at radius 3 is 2.55 bits per heavy atom. The molecule has 22 heavy (non-hydrogen) atoms. The molecule has 1 aromatic heterocycles. The van der Waals surface area contributed by atoms with Crippen molar-refractivity contribution in [3.8, 4) is 0 Å². The van der Waals surface area contributed by atoms with Crippen LogP contribution in [-0.4, -0.2) is 18.1 Å². The molecule has 0 atom stereocenters. The number of nitrogens with zero attached hydrogens (tertiary/aromatic N) is 1. The van der Waals surface area contributed by atoms with Gasteiger partial charge in [-0.05, 0) is 43.5 Å². The minimum atomic E-state index is 0.979. The van der Waals surface area contributed by atoms with Crippen LogP contribution in [0.4, 0.5) is 10.8 Å². The SMILES string of the molecule is CCCCc1ccc(Nc2nc(CCNCCC)cs2)cc1. The molecule has 0 amide bonds. The van der Waals surface area contributed by atoms with Gasteiger partial charge in [0.15, 0.2) is 5.13 Å². The van der Waals surface area contributed by atoms with Crippen LogP contribution in [0, 0.1) is 0 Å². The first-order valence-corrected chi connectivity index (χ1v) is 9.21. The molecule has 2 aromatic rings. The predicted molar refractivity (Wildman–Crippen MR) is 97.3 cm³/mol. The quantitative estimate of drug-likeness (QED) is 0.620. The fourth-order valence-corrected chi connectivity index (χ4v) is 3.02. The summed E-state index contributed by atoms with van der Waals surface area (Å²) in [5.41, 5.74) is 3.69. The van der Waals surface area contributed by atoms with Crippen molar-refractivity contribution in [2.75, 3.05) is 18.4 Å². The van der Waals surface area contributed by atoms with E-state index < -0.39 is 0 Å². The number of aryl methyl sites for hydroxylation is 1. The van der Waals surface area contributed by atoms with Crippen LogP contribution in [0.5, 0.6) is 0 Å². The van der Waals surface area contributed by atoms with Crippen molar-refractivity contribution < 1.29 is 0 Å². The molecule has 0 spiro atoms. The Morgan fingerprint density at radius 2 is 1.82 bits per heavy atom. The molecule has 3 nitrogen and oxygen atoms in total. The van der Waals surface area contributed by atoms with Crippen molar-refractivity contribution in [1.29, 1.82) is 0 Å². The van der Waals surface area contributed by atoms with Gasteiger partial charge in [-0.3, -0.25) is 0 Å². The van der Waals surface area contributed by atoms with E-state index in [9.17, 15) is 0 Å². The molecule has 1 heterocycles. The van der Waals surface area contributed by atoms with E-state index in [2.05, 4.69) is 59.1 Å². The zero-order valence-electron chi connectivity index (χ0n) is 13.7. The molecule has 0 aliphatic carbocycles. The first-order valence-electron chi connectivity index (χ1n) is 8.33. The molecule has 0 bridgehead atoms. The maximum atomic E-state index is 4.64. The smallest absolute Gasteiger partial charge is 0.187 e. The zero-order valence-corrected chi connectivity index (χ0v) is 14.5. The molecule has 0 saturated heterocycles. The van der Waals surface area contributed by atoms with E-state index in [4.69, 9.17) is 0 Å². The minimum Gasteiger partial charge on any atom is -0.332 e. The predicted octanol–water partition coefficient (Wildman–Crippen LogP) is 4.77. The third-order valence-corrected chi connectivity index (χ3v) is 4.37. The van der Waals surface area contributed by atoms with Crippen LogP contribution in [0.1, 0.15) is 44.4 Å². The van der Waals surface area contributed by atoms with E-state index in [1.807, 2.05) is 0 Å². The van der Waals surface area contributed by atoms with Crippen LogP contribution in [-0.2, 0) is 12.8 Å². The Kier molecular flexibility index (Phi) is 7.40. The molecule has 1 aromatic carbocycles. The summed E-state index contributed by atoms with van der Waals surface area (Å²) >= 11 is 1.68. The maximum Gasteiger partial charge on any atom is 0.187 e. The molecule has 2 N–H and O–H groups in total. The number of nitrogens with one attached hydrogen (secondary N) is 2. The van der Waals surface area contributed by atoms with Gasteiger partial charge >= 0.3 is 0 Å². The highest BCUT2D eigenvalue weighted by molar-refractivity contribution is 7.13. The van der Waals surface area contributed by atoms with Crippen molar-refractivity contribution in [2.24, 2.45) is 0 Å². The lowest BCUT2D eigenvalue weighted by Gasteiger charge is -2.04. The van der Waals surface area contributed by atoms with Gasteiger partial charge in [0, 0.05) is 24.0 Å². The summed E-state index contributed by atoms with van der Waals surface area (Å²) in [6, 6.07) is 8.71. The summed E-state index contributed by atoms with van der Waals surface area (Å²) in [5.74, 6) is 0. The minimum absolute atomic E-state index is 0.979. The van der Waals surface area contributed by atoms with Crippen LogP contribution >= 0.6 is 11.3 Å². The van der Waals surface area contributed by atoms with Crippen LogP contribution in [0.15, 0.2) is 29.6 Å². The Balaban J connectivity index is 1.81. The second-order valence-electron chi connectivity index (χ2n) is 5.57. The Morgan fingerprint density at radius 1 is 1.00 bits per heavy atom. The number of thiazole rings is 1. The van der Waals surface area contributed by atoms with Gasteiger partial charge in [0.1, 0.15) is 0 Å². The van der Waals surface area contributed by atoms with Gasteiger partial charge in [-0.2, -0.15) is 0 Å². The third-order valence-electron chi connectivity index (χ3n) is 3.56. The molecule has 0 radical (unpaired) electrons. The second-order valence-corrected chi connectivity index (χ2v) is 6.43. The van der Waals surface area contributed by atoms with Crippen LogP contribution in [0.25, 0.3) is 0 Å². The fourth-order valence-electron chi connectivity index (χ4n) is 2.26. The van der Waals surface area contributed by atoms with E-state index in [1.54, 1.807) is 11.3 Å². The monoisotopic (exact) mass is 317 g/mol. The van der Waals surface area contributed by atoms with Crippen LogP contribution in [0.3, 0.4) is 0 Å². The second kappa shape index (κ2) is 9.59. The Hall–Kier alpha value is -1.39. The molecule has 0 saturated carbocycles. The number of benzene rings is 1. The van der Waals surface area contributed by atoms with Crippen molar-refractivity contribution in [2.45, 2.75) is 46.0 Å². The number of hydrogen-bond donors (Lipinski definition) is 2. The number of rotatable bonds is 10. The number of anilines is 2. The third kappa shape index (κ3) is 5.78. The van der Waals surface area contributed by atoms with Gasteiger partial charge < -0.3 is 10.6 Å². The lowest BCUT2D eigenvalue weighted by atomic mass is 10.1. The van der Waals surface area contributed by atoms with E-state index >= 15 is 0 Å². The Bertz CT molecular complexity index is 534. The zero-order chi connectivity index (χ0) is 15.6. The Labute approximate surface area is 138 Å². The number of hydrogen-bond acceptors (Lipinski definition) is 4. The normalized spacial score (nSPS) is 10.8. The van der Waals surface area contributed by atoms with E-state index in [-0.39, 0.29) is 0 Å². The molecule has 0 unspecified atom stereocenters. The number of aromatic nitrogens is 1. The van der Waals surface area contributed by atoms with Crippen molar-refractivity contribution in [3.05, 3.63) is 40.9 Å². The molecular weight excluding hydrogens is 290 g/mol. The highest BCUT2D eigenvalue weighted by atomic mass is 32.1. The molecule has 0 aliphatic rings. The maximum absolute atomic E-state index is 4.64. The number of unbranched alkanes of at least 4 members (excludes halogenated alkanes) is 1. The molecule has 4 heteroatoms. The standard InChI is InChI=1S/C18H27N3S/c1-3-5-6-15-7-9-16(10-8-15)20-18-21-17(14-22-18)11-13-19-12-4-2/h7-10,14,19H,3-6,11-13H2,1-2H3,(H,20,21). The topological polar surface area (TPSA) is 37.0 Å². The molecule has 0 aliphatic heterocycles. The fraction of sp³-hybridized carbons (Fsp3) is 0.500. The lowest BCUT2D eigenvalue weighted by Crippen LogP contribution is -2.17. The summed E-state index contributed by atoms with van der Waals surface area (Å²) in [7, 11) is 0. The van der Waals surface area contributed by atoms with Gasteiger partial charge in [0.25, 0.3) is 0 Å². The molecular formula is C18H27N3S. The molecule has 0 fully saturated rings. The average Bonchev–Trinajstić information content (AvgIpc) is 2.98. The van der Waals surface area contributed by atoms with Gasteiger partial charge in [0.2, 0.25) is 0 Å². The van der Waals surface area contributed by atoms with Crippen molar-refractivity contribution >= 4 is 22.2 Å². The lowest BCUT2D eigenvalue weighted by molar-refractivity contribution is 0.667. The molecule has 2 rings (SSSR count). The summed E-state index contributed by atoms with van der Waals surface area (Å²) in [6.45, 7) is 6.50. The van der Waals surface area contributed by atoms with Gasteiger partial charge in [-0.25, -0.2) is 4.98 Å². The first kappa shape index (κ1) is 17.0. The summed E-state index contributed by atoms with van der Waals surface area (Å²) in [5, 5.41) is 9.93. The van der Waals surface area contributed by atoms with Gasteiger partial charge in [-0.15, -0.1) is 11.3 Å². The summed E-state index contributed by atoms with van der Waals surface area (Å²) in [4.78, 5) is 4.64. The highest BCUT2D eigenvalue weighted by Crippen LogP contribution is 2.21. The first-order chi connectivity index (χ1) is 10.8. The molecule has 120 valence electrons. The largest absolute Gasteiger partial charge is 0.332 e. The van der Waals surface area contributed by atoms with Gasteiger partial charge in [-0.1, -0.05) is 32.4 Å². The van der Waals surface area contributed by atoms with Crippen LogP contribution < -0.4 is 10.6 Å². The van der Waals surface area contributed by atoms with Crippen molar-refractivity contribution in [1.82, 2.24) is 10.3 Å². The highest BCUT2D eigenvalue weighted by Gasteiger charge is 2.02. The average molecular weight is 318 g/mol. The van der Waals surface area contributed by atoms with E-state index in [1.165, 1.54) is 31.2 Å². The summed E-state index contributed by atoms with van der Waals surface area (Å²) in [6.07, 6.45) is 5.85.